The molecule has 0 saturated heterocycles. The van der Waals surface area contributed by atoms with Crippen LogP contribution in [0, 0.1) is 4.91 Å². The van der Waals surface area contributed by atoms with E-state index in [1.165, 1.54) is 13.2 Å². The number of hydrogen-bond donors (Lipinski definition) is 1. The number of aromatic nitrogens is 2. The second-order valence-corrected chi connectivity index (χ2v) is 10.3. The molecule has 0 radical (unpaired) electrons. The summed E-state index contributed by atoms with van der Waals surface area (Å²) in [6.07, 6.45) is -3.29. The van der Waals surface area contributed by atoms with E-state index in [2.05, 4.69) is 15.6 Å². The number of anilines is 1. The van der Waals surface area contributed by atoms with Gasteiger partial charge in [-0.1, -0.05) is 23.7 Å². The zero-order valence-electron chi connectivity index (χ0n) is 15.9. The Hall–Kier alpha value is -1.99. The molecule has 0 saturated carbocycles. The Morgan fingerprint density at radius 2 is 2.00 bits per heavy atom. The molecule has 0 amide bonds. The molecule has 0 aliphatic rings. The first-order valence-electron chi connectivity index (χ1n) is 8.47. The van der Waals surface area contributed by atoms with E-state index in [4.69, 9.17) is 11.6 Å². The van der Waals surface area contributed by atoms with Gasteiger partial charge in [0.1, 0.15) is 23.0 Å². The molecule has 2 rings (SSSR count). The summed E-state index contributed by atoms with van der Waals surface area (Å²) >= 11 is 6.04. The Kier molecular flexibility index (Phi) is 7.64. The minimum atomic E-state index is -4.61. The maximum Gasteiger partial charge on any atom is 0.416 e. The van der Waals surface area contributed by atoms with E-state index in [1.54, 1.807) is 0 Å². The normalized spacial score (nSPS) is 13.3. The molecule has 0 bridgehead atoms. The van der Waals surface area contributed by atoms with Gasteiger partial charge in [-0.2, -0.15) is 23.2 Å². The highest BCUT2D eigenvalue weighted by atomic mass is 35.5. The largest absolute Gasteiger partial charge is 0.416 e. The fourth-order valence-electron chi connectivity index (χ4n) is 2.57. The Morgan fingerprint density at radius 1 is 1.33 bits per heavy atom. The first kappa shape index (κ1) is 24.3. The van der Waals surface area contributed by atoms with Crippen molar-refractivity contribution in [2.24, 2.45) is 5.18 Å². The number of nitrogens with one attached hydrogen (secondary N) is 1. The SMILES string of the molecule is CCS(=O)(=O)CCNc1c(S(C)=O)c(CN=O)nn1-c1ccc(C(F)(F)F)cc1Cl. The van der Waals surface area contributed by atoms with Gasteiger partial charge in [0, 0.05) is 18.6 Å². The third-order valence-electron chi connectivity index (χ3n) is 4.06. The van der Waals surface area contributed by atoms with Gasteiger partial charge >= 0.3 is 6.18 Å². The second kappa shape index (κ2) is 9.43. The molecular weight excluding hydrogens is 469 g/mol. The zero-order chi connectivity index (χ0) is 22.7. The van der Waals surface area contributed by atoms with E-state index in [9.17, 15) is 30.7 Å². The number of sulfone groups is 1. The summed E-state index contributed by atoms with van der Waals surface area (Å²) in [5, 5.41) is 9.38. The summed E-state index contributed by atoms with van der Waals surface area (Å²) in [6.45, 7) is 0.961. The summed E-state index contributed by atoms with van der Waals surface area (Å²) in [5.74, 6) is -0.264. The first-order valence-corrected chi connectivity index (χ1v) is 12.2. The average Bonchev–Trinajstić information content (AvgIpc) is 2.99. The lowest BCUT2D eigenvalue weighted by molar-refractivity contribution is -0.137. The lowest BCUT2D eigenvalue weighted by atomic mass is 10.2. The highest BCUT2D eigenvalue weighted by molar-refractivity contribution is 7.91. The number of rotatable bonds is 9. The minimum Gasteiger partial charge on any atom is -0.368 e. The van der Waals surface area contributed by atoms with Gasteiger partial charge in [-0.3, -0.25) is 4.21 Å². The molecule has 0 fully saturated rings. The topological polar surface area (TPSA) is 110 Å². The van der Waals surface area contributed by atoms with Crippen molar-refractivity contribution in [3.63, 3.8) is 0 Å². The maximum atomic E-state index is 12.9. The fraction of sp³-hybridized carbons (Fsp3) is 0.438. The number of hydrogen-bond acceptors (Lipinski definition) is 7. The standard InChI is InChI=1S/C16H18ClF3N4O4S2/c1-3-30(27,28)7-6-21-15-14(29(2)26)12(9-22-25)23-24(15)13-5-4-10(8-11(13)17)16(18,19)20/h4-5,8,21H,3,6-7,9H2,1-2H3. The maximum absolute atomic E-state index is 12.9. The van der Waals surface area contributed by atoms with Crippen LogP contribution in [-0.4, -0.2) is 46.7 Å². The third-order valence-corrected chi connectivity index (χ3v) is 7.07. The molecular formula is C16H18ClF3N4O4S2. The third kappa shape index (κ3) is 5.58. The number of nitroso groups, excluding NO2 is 1. The molecule has 1 unspecified atom stereocenters. The van der Waals surface area contributed by atoms with Gasteiger partial charge in [-0.05, 0) is 18.2 Å². The van der Waals surface area contributed by atoms with Gasteiger partial charge < -0.3 is 5.32 Å². The van der Waals surface area contributed by atoms with E-state index in [0.717, 1.165) is 16.8 Å². The van der Waals surface area contributed by atoms with Crippen molar-refractivity contribution in [1.82, 2.24) is 9.78 Å². The molecule has 2 aromatic rings. The molecule has 1 heterocycles. The first-order chi connectivity index (χ1) is 13.9. The summed E-state index contributed by atoms with van der Waals surface area (Å²) < 4.78 is 75.7. The fourth-order valence-corrected chi connectivity index (χ4v) is 4.40. The Balaban J connectivity index is 2.59. The van der Waals surface area contributed by atoms with Crippen LogP contribution in [0.1, 0.15) is 18.2 Å². The van der Waals surface area contributed by atoms with Crippen LogP contribution in [0.2, 0.25) is 5.02 Å². The zero-order valence-corrected chi connectivity index (χ0v) is 18.3. The van der Waals surface area contributed by atoms with Crippen LogP contribution in [-0.2, 0) is 33.4 Å². The predicted molar refractivity (Wildman–Crippen MR) is 108 cm³/mol. The van der Waals surface area contributed by atoms with Gasteiger partial charge in [-0.15, -0.1) is 0 Å². The van der Waals surface area contributed by atoms with Crippen molar-refractivity contribution in [1.29, 1.82) is 0 Å². The summed E-state index contributed by atoms with van der Waals surface area (Å²) in [6, 6.07) is 2.59. The van der Waals surface area contributed by atoms with Crippen molar-refractivity contribution < 1.29 is 25.8 Å². The van der Waals surface area contributed by atoms with Crippen LogP contribution in [0.4, 0.5) is 19.0 Å². The molecule has 8 nitrogen and oxygen atoms in total. The van der Waals surface area contributed by atoms with Gasteiger partial charge in [0.25, 0.3) is 0 Å². The van der Waals surface area contributed by atoms with E-state index >= 15 is 0 Å². The van der Waals surface area contributed by atoms with Crippen molar-refractivity contribution >= 4 is 38.1 Å². The number of halogens is 4. The molecule has 0 aliphatic heterocycles. The van der Waals surface area contributed by atoms with Crippen LogP contribution in [0.15, 0.2) is 28.3 Å². The van der Waals surface area contributed by atoms with Crippen LogP contribution in [0.25, 0.3) is 5.69 Å². The molecule has 30 heavy (non-hydrogen) atoms. The molecule has 14 heteroatoms. The van der Waals surface area contributed by atoms with Crippen molar-refractivity contribution in [3.05, 3.63) is 39.4 Å². The second-order valence-electron chi connectivity index (χ2n) is 6.10. The highest BCUT2D eigenvalue weighted by Gasteiger charge is 2.31. The molecule has 1 aromatic carbocycles. The monoisotopic (exact) mass is 486 g/mol. The van der Waals surface area contributed by atoms with E-state index in [1.807, 2.05) is 0 Å². The van der Waals surface area contributed by atoms with Crippen LogP contribution in [0.3, 0.4) is 0 Å². The molecule has 0 spiro atoms. The predicted octanol–water partition coefficient (Wildman–Crippen LogP) is 3.39. The van der Waals surface area contributed by atoms with Crippen molar-refractivity contribution in [2.45, 2.75) is 24.5 Å². The molecule has 1 N–H and O–H groups in total. The highest BCUT2D eigenvalue weighted by Crippen LogP contribution is 2.35. The average molecular weight is 487 g/mol. The minimum absolute atomic E-state index is 0.0226. The van der Waals surface area contributed by atoms with E-state index in [-0.39, 0.29) is 45.2 Å². The summed E-state index contributed by atoms with van der Waals surface area (Å²) in [5.41, 5.74) is -0.918. The van der Waals surface area contributed by atoms with Gasteiger partial charge in [0.15, 0.2) is 9.84 Å². The number of benzene rings is 1. The Morgan fingerprint density at radius 3 is 2.50 bits per heavy atom. The van der Waals surface area contributed by atoms with Crippen LogP contribution < -0.4 is 5.32 Å². The Labute approximate surface area is 178 Å². The lowest BCUT2D eigenvalue weighted by Crippen LogP contribution is -2.19. The van der Waals surface area contributed by atoms with Gasteiger partial charge in [-0.25, -0.2) is 13.1 Å². The number of nitrogens with zero attached hydrogens (tertiary/aromatic N) is 3. The summed E-state index contributed by atoms with van der Waals surface area (Å²) in [7, 11) is -5.00. The van der Waals surface area contributed by atoms with Crippen LogP contribution in [0.5, 0.6) is 0 Å². The van der Waals surface area contributed by atoms with Crippen molar-refractivity contribution in [2.75, 3.05) is 29.6 Å². The molecule has 0 aliphatic carbocycles. The van der Waals surface area contributed by atoms with Gasteiger partial charge in [0.05, 0.1) is 32.8 Å². The van der Waals surface area contributed by atoms with E-state index < -0.39 is 38.9 Å². The Bertz CT molecular complexity index is 1070. The number of alkyl halides is 3. The lowest BCUT2D eigenvalue weighted by Gasteiger charge is -2.14. The molecule has 1 atom stereocenters. The van der Waals surface area contributed by atoms with Crippen molar-refractivity contribution in [3.8, 4) is 5.69 Å². The molecule has 166 valence electrons. The quantitative estimate of drug-likeness (QED) is 0.544. The smallest absolute Gasteiger partial charge is 0.368 e. The van der Waals surface area contributed by atoms with E-state index in [0.29, 0.717) is 6.07 Å². The van der Waals surface area contributed by atoms with Gasteiger partial charge in [0.2, 0.25) is 0 Å². The van der Waals surface area contributed by atoms with Crippen LogP contribution >= 0.6 is 11.6 Å². The summed E-state index contributed by atoms with van der Waals surface area (Å²) in [4.78, 5) is 10.8. The molecule has 1 aromatic heterocycles.